The highest BCUT2D eigenvalue weighted by Gasteiger charge is 2.30. The molecule has 0 bridgehead atoms. The van der Waals surface area contributed by atoms with E-state index < -0.39 is 97.5 Å². The third kappa shape index (κ3) is 70.3. The number of esters is 4. The number of hydrogen-bond donors (Lipinski definition) is 3. The summed E-state index contributed by atoms with van der Waals surface area (Å²) >= 11 is 0. The van der Waals surface area contributed by atoms with Crippen LogP contribution < -0.4 is 0 Å². The molecule has 0 heterocycles. The fourth-order valence-corrected chi connectivity index (χ4v) is 13.1. The number of carbonyl (C=O) groups excluding carboxylic acids is 4. The second kappa shape index (κ2) is 65.4. The fourth-order valence-electron chi connectivity index (χ4n) is 11.6. The SMILES string of the molecule is CC(C)CCCCCCCCCCCCCCCCCCCCC(=O)O[C@H](COC(=O)CCCCCCCCCCCCCCC(C)C)COP(=O)(O)OC[C@@H](O)COP(=O)(O)OC[C@@H](COC(=O)CCCCCCCCC(C)C)OC(=O)CCCCCCCCCC(C)C. The molecule has 2 unspecified atom stereocenters. The zero-order valence-corrected chi connectivity index (χ0v) is 64.1. The molecular formula is C76H148O17P2. The van der Waals surface area contributed by atoms with Crippen LogP contribution in [0.3, 0.4) is 0 Å². The number of carbonyl (C=O) groups is 4. The van der Waals surface area contributed by atoms with E-state index in [2.05, 4.69) is 55.4 Å². The first kappa shape index (κ1) is 93.1. The van der Waals surface area contributed by atoms with Crippen LogP contribution in [0.5, 0.6) is 0 Å². The first-order valence-electron chi connectivity index (χ1n) is 39.2. The lowest BCUT2D eigenvalue weighted by molar-refractivity contribution is -0.161. The van der Waals surface area contributed by atoms with Crippen molar-refractivity contribution in [3.05, 3.63) is 0 Å². The molecule has 0 spiro atoms. The van der Waals surface area contributed by atoms with Crippen molar-refractivity contribution in [1.82, 2.24) is 0 Å². The molecule has 0 saturated heterocycles. The van der Waals surface area contributed by atoms with Crippen molar-refractivity contribution in [1.29, 1.82) is 0 Å². The van der Waals surface area contributed by atoms with Crippen LogP contribution in [0.4, 0.5) is 0 Å². The maximum Gasteiger partial charge on any atom is 0.472 e. The second-order valence-electron chi connectivity index (χ2n) is 29.3. The molecule has 564 valence electrons. The number of unbranched alkanes of at least 4 members (excludes halogenated alkanes) is 39. The number of phosphoric acid groups is 2. The number of rotatable bonds is 73. The summed E-state index contributed by atoms with van der Waals surface area (Å²) in [6.45, 7) is 14.1. The minimum Gasteiger partial charge on any atom is -0.462 e. The van der Waals surface area contributed by atoms with Gasteiger partial charge < -0.3 is 33.8 Å². The lowest BCUT2D eigenvalue weighted by atomic mass is 10.0. The van der Waals surface area contributed by atoms with Crippen LogP contribution in [-0.4, -0.2) is 96.7 Å². The Labute approximate surface area is 581 Å². The van der Waals surface area contributed by atoms with E-state index in [1.54, 1.807) is 0 Å². The van der Waals surface area contributed by atoms with Gasteiger partial charge >= 0.3 is 39.5 Å². The van der Waals surface area contributed by atoms with Gasteiger partial charge in [0.2, 0.25) is 0 Å². The molecule has 0 aliphatic rings. The average Bonchev–Trinajstić information content (AvgIpc) is 1.54. The van der Waals surface area contributed by atoms with Gasteiger partial charge in [-0.1, -0.05) is 331 Å². The van der Waals surface area contributed by atoms with Crippen LogP contribution in [0.1, 0.15) is 383 Å². The zero-order valence-electron chi connectivity index (χ0n) is 62.3. The van der Waals surface area contributed by atoms with Crippen molar-refractivity contribution in [2.24, 2.45) is 23.7 Å². The summed E-state index contributed by atoms with van der Waals surface area (Å²) in [6.07, 6.45) is 50.4. The highest BCUT2D eigenvalue weighted by Crippen LogP contribution is 2.45. The third-order valence-corrected chi connectivity index (χ3v) is 19.5. The minimum atomic E-state index is -4.96. The number of ether oxygens (including phenoxy) is 4. The van der Waals surface area contributed by atoms with Gasteiger partial charge in [-0.2, -0.15) is 0 Å². The molecule has 17 nitrogen and oxygen atoms in total. The molecule has 0 aromatic rings. The largest absolute Gasteiger partial charge is 0.472 e. The van der Waals surface area contributed by atoms with E-state index in [9.17, 15) is 43.2 Å². The monoisotopic (exact) mass is 1400 g/mol. The van der Waals surface area contributed by atoms with Gasteiger partial charge in [0.15, 0.2) is 12.2 Å². The van der Waals surface area contributed by atoms with E-state index in [0.29, 0.717) is 37.5 Å². The lowest BCUT2D eigenvalue weighted by Crippen LogP contribution is -2.30. The Bertz CT molecular complexity index is 1870. The Morgan fingerprint density at radius 2 is 0.442 bits per heavy atom. The van der Waals surface area contributed by atoms with Crippen molar-refractivity contribution in [2.45, 2.75) is 401 Å². The third-order valence-electron chi connectivity index (χ3n) is 17.6. The maximum atomic E-state index is 13.1. The quantitative estimate of drug-likeness (QED) is 0.0222. The molecule has 3 N–H and O–H groups in total. The normalized spacial score (nSPS) is 14.1. The van der Waals surface area contributed by atoms with E-state index in [0.717, 1.165) is 108 Å². The van der Waals surface area contributed by atoms with E-state index in [4.69, 9.17) is 37.0 Å². The Morgan fingerprint density at radius 1 is 0.263 bits per heavy atom. The van der Waals surface area contributed by atoms with Gasteiger partial charge in [0, 0.05) is 25.7 Å². The topological polar surface area (TPSA) is 237 Å². The van der Waals surface area contributed by atoms with Crippen molar-refractivity contribution in [3.8, 4) is 0 Å². The molecule has 5 atom stereocenters. The maximum absolute atomic E-state index is 13.1. The molecule has 0 fully saturated rings. The van der Waals surface area contributed by atoms with Crippen LogP contribution in [0.2, 0.25) is 0 Å². The summed E-state index contributed by atoms with van der Waals surface area (Å²) < 4.78 is 68.4. The molecule has 0 saturated carbocycles. The molecule has 0 aliphatic heterocycles. The van der Waals surface area contributed by atoms with E-state index in [-0.39, 0.29) is 25.7 Å². The first-order valence-corrected chi connectivity index (χ1v) is 42.2. The van der Waals surface area contributed by atoms with E-state index >= 15 is 0 Å². The van der Waals surface area contributed by atoms with Crippen molar-refractivity contribution < 1.29 is 80.2 Å². The van der Waals surface area contributed by atoms with Crippen molar-refractivity contribution in [3.63, 3.8) is 0 Å². The van der Waals surface area contributed by atoms with Gasteiger partial charge in [-0.25, -0.2) is 9.13 Å². The molecule has 0 rings (SSSR count). The highest BCUT2D eigenvalue weighted by atomic mass is 31.2. The molecule has 0 aliphatic carbocycles. The lowest BCUT2D eigenvalue weighted by Gasteiger charge is -2.21. The fraction of sp³-hybridized carbons (Fsp3) is 0.947. The van der Waals surface area contributed by atoms with Crippen molar-refractivity contribution in [2.75, 3.05) is 39.6 Å². The zero-order chi connectivity index (χ0) is 70.3. The minimum absolute atomic E-state index is 0.102. The van der Waals surface area contributed by atoms with Crippen LogP contribution in [0.15, 0.2) is 0 Å². The van der Waals surface area contributed by atoms with Gasteiger partial charge in [0.1, 0.15) is 19.3 Å². The Morgan fingerprint density at radius 3 is 0.653 bits per heavy atom. The summed E-state index contributed by atoms with van der Waals surface area (Å²) in [5, 5.41) is 10.6. The molecule has 0 aromatic carbocycles. The number of hydrogen-bond acceptors (Lipinski definition) is 15. The molecule has 0 radical (unpaired) electrons. The Balaban J connectivity index is 5.19. The second-order valence-corrected chi connectivity index (χ2v) is 32.2. The van der Waals surface area contributed by atoms with Gasteiger partial charge in [-0.05, 0) is 49.4 Å². The first-order chi connectivity index (χ1) is 45.6. The van der Waals surface area contributed by atoms with Gasteiger partial charge in [0.25, 0.3) is 0 Å². The average molecular weight is 1400 g/mol. The van der Waals surface area contributed by atoms with Crippen LogP contribution in [0.25, 0.3) is 0 Å². The molecular weight excluding hydrogens is 1250 g/mol. The summed E-state index contributed by atoms with van der Waals surface area (Å²) in [6, 6.07) is 0. The summed E-state index contributed by atoms with van der Waals surface area (Å²) in [7, 11) is -9.91. The Kier molecular flexibility index (Phi) is 64.0. The predicted molar refractivity (Wildman–Crippen MR) is 386 cm³/mol. The number of aliphatic hydroxyl groups is 1. The van der Waals surface area contributed by atoms with Crippen molar-refractivity contribution >= 4 is 39.5 Å². The smallest absolute Gasteiger partial charge is 0.462 e. The number of aliphatic hydroxyl groups excluding tert-OH is 1. The van der Waals surface area contributed by atoms with Gasteiger partial charge in [-0.3, -0.25) is 37.3 Å². The van der Waals surface area contributed by atoms with E-state index in [1.165, 1.54) is 180 Å². The molecule has 19 heteroatoms. The summed E-state index contributed by atoms with van der Waals surface area (Å²) in [5.41, 5.74) is 0. The Hall–Kier alpha value is -1.94. The molecule has 0 aromatic heterocycles. The van der Waals surface area contributed by atoms with Gasteiger partial charge in [0.05, 0.1) is 26.4 Å². The predicted octanol–water partition coefficient (Wildman–Crippen LogP) is 22.0. The molecule has 0 amide bonds. The van der Waals surface area contributed by atoms with Crippen LogP contribution in [-0.2, 0) is 65.4 Å². The molecule has 95 heavy (non-hydrogen) atoms. The summed E-state index contributed by atoms with van der Waals surface area (Å²) in [4.78, 5) is 72.7. The highest BCUT2D eigenvalue weighted by molar-refractivity contribution is 7.47. The van der Waals surface area contributed by atoms with E-state index in [1.807, 2.05) is 0 Å². The summed E-state index contributed by atoms with van der Waals surface area (Å²) in [5.74, 6) is 0.852. The van der Waals surface area contributed by atoms with Crippen LogP contribution >= 0.6 is 15.6 Å². The number of phosphoric ester groups is 2. The van der Waals surface area contributed by atoms with Crippen LogP contribution in [0, 0.1) is 23.7 Å². The van der Waals surface area contributed by atoms with Gasteiger partial charge in [-0.15, -0.1) is 0 Å². The standard InChI is InChI=1S/C76H148O17P2/c1-66(2)52-44-36-28-23-19-15-13-11-9-10-12-14-16-22-26-32-42-50-58-75(80)92-71(62-86-73(78)56-48-40-31-25-21-18-17-20-24-29-37-45-53-67(3)4)64-90-94(82,83)88-60-70(77)61-89-95(84,85)91-65-72(63-87-74(79)57-49-41-35-34-39-47-55-69(7)8)93-76(81)59-51-43-33-27-30-38-46-54-68(5)6/h66-72,77H,9-65H2,1-8H3,(H,82,83)(H,84,85)/t70-,71-,72-/m1/s1.